The van der Waals surface area contributed by atoms with E-state index in [1.807, 2.05) is 37.4 Å². The maximum absolute atomic E-state index is 13.2. The van der Waals surface area contributed by atoms with Crippen molar-refractivity contribution in [3.05, 3.63) is 52.1 Å². The normalized spacial score (nSPS) is 13.4. The van der Waals surface area contributed by atoms with Gasteiger partial charge in [0.2, 0.25) is 5.16 Å². The van der Waals surface area contributed by atoms with E-state index in [4.69, 9.17) is 9.47 Å². The minimum Gasteiger partial charge on any atom is -0.486 e. The molecule has 0 unspecified atom stereocenters. The first-order valence-electron chi connectivity index (χ1n) is 8.83. The summed E-state index contributed by atoms with van der Waals surface area (Å²) < 4.78 is 14.5. The Bertz CT molecular complexity index is 1280. The maximum Gasteiger partial charge on any atom is 0.262 e. The van der Waals surface area contributed by atoms with Crippen LogP contribution in [0.15, 0.2) is 40.4 Å². The predicted octanol–water partition coefficient (Wildman–Crippen LogP) is 2.29. The van der Waals surface area contributed by atoms with E-state index in [-0.39, 0.29) is 5.56 Å². The van der Waals surface area contributed by atoms with Gasteiger partial charge in [-0.3, -0.25) is 4.79 Å². The van der Waals surface area contributed by atoms with E-state index < -0.39 is 0 Å². The van der Waals surface area contributed by atoms with Gasteiger partial charge in [0.1, 0.15) is 13.2 Å². The predicted molar refractivity (Wildman–Crippen MR) is 106 cm³/mol. The minimum atomic E-state index is -0.111. The lowest BCUT2D eigenvalue weighted by molar-refractivity contribution is 0.171. The fraction of sp³-hybridized carbons (Fsp3) is 0.263. The first-order chi connectivity index (χ1) is 13.6. The number of aryl methyl sites for hydroxylation is 1. The monoisotopic (exact) mass is 395 g/mol. The zero-order valence-electron chi connectivity index (χ0n) is 15.4. The van der Waals surface area contributed by atoms with Crippen molar-refractivity contribution in [2.75, 3.05) is 19.5 Å². The summed E-state index contributed by atoms with van der Waals surface area (Å²) >= 11 is 1.44. The van der Waals surface area contributed by atoms with Crippen LogP contribution in [0.25, 0.3) is 16.7 Å². The van der Waals surface area contributed by atoms with Crippen LogP contribution in [-0.2, 0) is 6.54 Å². The lowest BCUT2D eigenvalue weighted by Gasteiger charge is -2.19. The molecule has 0 N–H and O–H groups in total. The molecule has 9 heteroatoms. The Morgan fingerprint density at radius 2 is 1.96 bits per heavy atom. The van der Waals surface area contributed by atoms with E-state index in [9.17, 15) is 4.79 Å². The molecule has 0 saturated heterocycles. The van der Waals surface area contributed by atoms with Crippen LogP contribution in [0.5, 0.6) is 11.5 Å². The summed E-state index contributed by atoms with van der Waals surface area (Å²) in [4.78, 5) is 22.0. The number of hydrogen-bond donors (Lipinski definition) is 0. The van der Waals surface area contributed by atoms with E-state index >= 15 is 0 Å². The highest BCUT2D eigenvalue weighted by Crippen LogP contribution is 2.31. The Kier molecular flexibility index (Phi) is 3.97. The molecule has 4 aromatic rings. The van der Waals surface area contributed by atoms with Gasteiger partial charge in [0.15, 0.2) is 11.5 Å². The second-order valence-corrected chi connectivity index (χ2v) is 7.27. The minimum absolute atomic E-state index is 0.111. The molecule has 0 amide bonds. The van der Waals surface area contributed by atoms with Crippen LogP contribution in [0, 0.1) is 6.92 Å². The highest BCUT2D eigenvalue weighted by Gasteiger charge is 2.16. The SMILES string of the molecule is CSc1nc2nc(C)c3c(=O)n(Cc4ccc5c(c4)OCCO5)ccc3n2n1. The second-order valence-electron chi connectivity index (χ2n) is 6.49. The molecule has 0 fully saturated rings. The summed E-state index contributed by atoms with van der Waals surface area (Å²) in [5, 5.41) is 5.60. The van der Waals surface area contributed by atoms with E-state index in [0.29, 0.717) is 53.0 Å². The summed E-state index contributed by atoms with van der Waals surface area (Å²) in [6.07, 6.45) is 3.69. The van der Waals surface area contributed by atoms with Crippen molar-refractivity contribution in [3.8, 4) is 11.5 Å². The van der Waals surface area contributed by atoms with Gasteiger partial charge < -0.3 is 14.0 Å². The van der Waals surface area contributed by atoms with E-state index in [1.165, 1.54) is 11.8 Å². The molecule has 0 spiro atoms. The number of ether oxygens (including phenoxy) is 2. The van der Waals surface area contributed by atoms with Gasteiger partial charge in [-0.2, -0.15) is 9.50 Å². The third-order valence-electron chi connectivity index (χ3n) is 4.71. The Balaban J connectivity index is 1.61. The molecule has 1 aliphatic heterocycles. The molecule has 1 aromatic carbocycles. The van der Waals surface area contributed by atoms with Gasteiger partial charge in [-0.25, -0.2) is 4.98 Å². The number of aromatic nitrogens is 5. The van der Waals surface area contributed by atoms with Crippen LogP contribution in [0.1, 0.15) is 11.3 Å². The largest absolute Gasteiger partial charge is 0.486 e. The van der Waals surface area contributed by atoms with Crippen molar-refractivity contribution in [1.82, 2.24) is 24.1 Å². The van der Waals surface area contributed by atoms with Crippen molar-refractivity contribution < 1.29 is 9.47 Å². The molecule has 0 aliphatic carbocycles. The quantitative estimate of drug-likeness (QED) is 0.492. The topological polar surface area (TPSA) is 83.5 Å². The summed E-state index contributed by atoms with van der Waals surface area (Å²) in [6.45, 7) is 3.34. The first-order valence-corrected chi connectivity index (χ1v) is 10.1. The van der Waals surface area contributed by atoms with Crippen molar-refractivity contribution in [3.63, 3.8) is 0 Å². The smallest absolute Gasteiger partial charge is 0.262 e. The van der Waals surface area contributed by atoms with Crippen molar-refractivity contribution in [2.45, 2.75) is 18.6 Å². The van der Waals surface area contributed by atoms with E-state index in [0.717, 1.165) is 11.3 Å². The summed E-state index contributed by atoms with van der Waals surface area (Å²) in [6, 6.07) is 7.63. The number of nitrogens with zero attached hydrogens (tertiary/aromatic N) is 5. The number of fused-ring (bicyclic) bond motifs is 4. The van der Waals surface area contributed by atoms with Gasteiger partial charge in [-0.15, -0.1) is 5.10 Å². The fourth-order valence-electron chi connectivity index (χ4n) is 3.40. The molecule has 1 aliphatic rings. The van der Waals surface area contributed by atoms with Crippen LogP contribution in [0.3, 0.4) is 0 Å². The van der Waals surface area contributed by atoms with Crippen LogP contribution in [0.2, 0.25) is 0 Å². The van der Waals surface area contributed by atoms with Crippen LogP contribution < -0.4 is 15.0 Å². The highest BCUT2D eigenvalue weighted by molar-refractivity contribution is 7.98. The van der Waals surface area contributed by atoms with Gasteiger partial charge >= 0.3 is 0 Å². The lowest BCUT2D eigenvalue weighted by atomic mass is 10.1. The van der Waals surface area contributed by atoms with Crippen LogP contribution >= 0.6 is 11.8 Å². The third kappa shape index (κ3) is 2.70. The molecule has 3 aromatic heterocycles. The first kappa shape index (κ1) is 17.1. The average molecular weight is 395 g/mol. The number of hydrogen-bond acceptors (Lipinski definition) is 7. The molecule has 0 saturated carbocycles. The molecular formula is C19H17N5O3S. The number of benzene rings is 1. The maximum atomic E-state index is 13.2. The van der Waals surface area contributed by atoms with Crippen LogP contribution in [0.4, 0.5) is 0 Å². The van der Waals surface area contributed by atoms with Gasteiger partial charge in [0, 0.05) is 6.20 Å². The standard InChI is InChI=1S/C19H17N5O3S/c1-11-16-13(24-18(20-11)21-19(22-24)28-2)5-6-23(17(16)25)10-12-3-4-14-15(9-12)27-8-7-26-14/h3-6,9H,7-8,10H2,1-2H3. The van der Waals surface area contributed by atoms with Gasteiger partial charge in [-0.05, 0) is 36.9 Å². The van der Waals surface area contributed by atoms with Crippen molar-refractivity contribution in [1.29, 1.82) is 0 Å². The number of rotatable bonds is 3. The molecule has 142 valence electrons. The molecule has 0 atom stereocenters. The molecule has 5 rings (SSSR count). The average Bonchev–Trinajstić information content (AvgIpc) is 3.13. The molecule has 4 heterocycles. The molecule has 0 bridgehead atoms. The molecule has 8 nitrogen and oxygen atoms in total. The van der Waals surface area contributed by atoms with Crippen molar-refractivity contribution in [2.24, 2.45) is 0 Å². The fourth-order valence-corrected chi connectivity index (χ4v) is 3.74. The Hall–Kier alpha value is -3.07. The van der Waals surface area contributed by atoms with Gasteiger partial charge in [0.25, 0.3) is 11.3 Å². The second kappa shape index (κ2) is 6.52. The van der Waals surface area contributed by atoms with Gasteiger partial charge in [0.05, 0.1) is 23.1 Å². The Labute approximate surface area is 164 Å². The Morgan fingerprint density at radius 3 is 2.79 bits per heavy atom. The zero-order valence-corrected chi connectivity index (χ0v) is 16.2. The van der Waals surface area contributed by atoms with E-state index in [2.05, 4.69) is 15.1 Å². The molecular weight excluding hydrogens is 378 g/mol. The highest BCUT2D eigenvalue weighted by atomic mass is 32.2. The summed E-state index contributed by atoms with van der Waals surface area (Å²) in [5.41, 5.74) is 2.20. The number of pyridine rings is 1. The third-order valence-corrected chi connectivity index (χ3v) is 5.25. The zero-order chi connectivity index (χ0) is 19.3. The summed E-state index contributed by atoms with van der Waals surface area (Å²) in [7, 11) is 0. The number of thioether (sulfide) groups is 1. The lowest BCUT2D eigenvalue weighted by Crippen LogP contribution is -2.22. The molecule has 0 radical (unpaired) electrons. The van der Waals surface area contributed by atoms with Crippen LogP contribution in [-0.4, -0.2) is 43.6 Å². The molecule has 28 heavy (non-hydrogen) atoms. The van der Waals surface area contributed by atoms with Crippen molar-refractivity contribution >= 4 is 28.4 Å². The Morgan fingerprint density at radius 1 is 1.14 bits per heavy atom. The summed E-state index contributed by atoms with van der Waals surface area (Å²) in [5.74, 6) is 1.95. The van der Waals surface area contributed by atoms with E-state index in [1.54, 1.807) is 15.3 Å². The van der Waals surface area contributed by atoms with Gasteiger partial charge in [-0.1, -0.05) is 17.8 Å².